The normalized spacial score (nSPS) is 26.3. The Balaban J connectivity index is 2.74. The Kier molecular flexibility index (Phi) is 1.76. The van der Waals surface area contributed by atoms with Crippen molar-refractivity contribution in [1.29, 1.82) is 0 Å². The molecule has 0 fully saturated rings. The third kappa shape index (κ3) is 1.72. The number of allylic oxidation sites excluding steroid dienone is 2. The highest BCUT2D eigenvalue weighted by Crippen LogP contribution is 2.04. The first-order valence-corrected chi connectivity index (χ1v) is 3.25. The Labute approximate surface area is 59.6 Å². The molecule has 0 spiro atoms. The number of hydrogen-bond acceptors (Lipinski definition) is 2. The first-order chi connectivity index (χ1) is 4.18. The van der Waals surface area contributed by atoms with Gasteiger partial charge in [-0.1, -0.05) is 11.6 Å². The van der Waals surface area contributed by atoms with Crippen molar-refractivity contribution in [2.24, 2.45) is 4.99 Å². The van der Waals surface area contributed by atoms with Crippen LogP contribution in [-0.4, -0.2) is 11.3 Å². The molecule has 50 valence electrons. The minimum Gasteiger partial charge on any atom is -0.355 e. The number of nitrogens with zero attached hydrogens (tertiary/aromatic N) is 1. The molecule has 0 aromatic carbocycles. The van der Waals surface area contributed by atoms with E-state index >= 15 is 0 Å². The quantitative estimate of drug-likeness (QED) is 0.404. The average molecular weight is 145 g/mol. The van der Waals surface area contributed by atoms with Gasteiger partial charge in [0.05, 0.1) is 0 Å². The molecule has 0 aromatic heterocycles. The monoisotopic (exact) mass is 144 g/mol. The number of hydrogen-bond donors (Lipinski definition) is 1. The van der Waals surface area contributed by atoms with Crippen molar-refractivity contribution in [3.8, 4) is 0 Å². The molecule has 9 heavy (non-hydrogen) atoms. The summed E-state index contributed by atoms with van der Waals surface area (Å²) in [6.07, 6.45) is 1.96. The zero-order valence-electron chi connectivity index (χ0n) is 5.48. The maximum absolute atomic E-state index is 5.67. The van der Waals surface area contributed by atoms with E-state index in [1.807, 2.05) is 19.9 Å². The van der Waals surface area contributed by atoms with Crippen molar-refractivity contribution >= 4 is 17.3 Å². The number of halogens is 1. The van der Waals surface area contributed by atoms with Crippen LogP contribution in [0.2, 0.25) is 0 Å². The predicted molar refractivity (Wildman–Crippen MR) is 39.6 cm³/mol. The Morgan fingerprint density at radius 3 is 2.78 bits per heavy atom. The molecule has 1 rings (SSSR count). The Morgan fingerprint density at radius 1 is 1.67 bits per heavy atom. The molecule has 1 heterocycles. The van der Waals surface area contributed by atoms with Crippen molar-refractivity contribution in [3.05, 3.63) is 11.8 Å². The van der Waals surface area contributed by atoms with Gasteiger partial charge in [0.2, 0.25) is 0 Å². The van der Waals surface area contributed by atoms with Gasteiger partial charge in [-0.05, 0) is 19.9 Å². The van der Waals surface area contributed by atoms with E-state index in [0.717, 1.165) is 11.4 Å². The second kappa shape index (κ2) is 2.40. The lowest BCUT2D eigenvalue weighted by Crippen LogP contribution is -2.24. The number of aliphatic imine (C=N–C) groups is 1. The van der Waals surface area contributed by atoms with Crippen LogP contribution in [0.5, 0.6) is 0 Å². The van der Waals surface area contributed by atoms with E-state index in [1.165, 1.54) is 0 Å². The fraction of sp³-hybridized carbons (Fsp3) is 0.500. The minimum atomic E-state index is -0.269. The van der Waals surface area contributed by atoms with Gasteiger partial charge in [0, 0.05) is 11.4 Å². The van der Waals surface area contributed by atoms with Crippen LogP contribution in [0, 0.1) is 0 Å². The lowest BCUT2D eigenvalue weighted by atomic mass is 10.3. The summed E-state index contributed by atoms with van der Waals surface area (Å²) in [5, 5.41) is 2.95. The molecule has 2 nitrogen and oxygen atoms in total. The predicted octanol–water partition coefficient (Wildman–Crippen LogP) is 1.48. The van der Waals surface area contributed by atoms with Crippen LogP contribution in [0.1, 0.15) is 13.8 Å². The van der Waals surface area contributed by atoms with E-state index in [-0.39, 0.29) is 5.62 Å². The van der Waals surface area contributed by atoms with Crippen LogP contribution in [0.15, 0.2) is 16.8 Å². The third-order valence-electron chi connectivity index (χ3n) is 1.09. The van der Waals surface area contributed by atoms with Crippen LogP contribution in [0.25, 0.3) is 0 Å². The molecule has 0 radical (unpaired) electrons. The smallest absolute Gasteiger partial charge is 0.195 e. The molecule has 1 aliphatic rings. The molecular formula is C6H9ClN2. The molecule has 1 unspecified atom stereocenters. The number of alkyl halides is 1. The van der Waals surface area contributed by atoms with Crippen molar-refractivity contribution < 1.29 is 0 Å². The standard InChI is InChI=1S/C6H9ClN2/c1-4-3-5(2)9-6(7)8-4/h3,6,8H,1-2H3. The fourth-order valence-corrected chi connectivity index (χ4v) is 1.12. The molecule has 1 aliphatic heterocycles. The van der Waals surface area contributed by atoms with Gasteiger partial charge >= 0.3 is 0 Å². The summed E-state index contributed by atoms with van der Waals surface area (Å²) in [5.74, 6) is 0. The molecule has 1 N–H and O–H groups in total. The van der Waals surface area contributed by atoms with Gasteiger partial charge in [0.15, 0.2) is 5.62 Å². The van der Waals surface area contributed by atoms with Gasteiger partial charge in [0.25, 0.3) is 0 Å². The first kappa shape index (κ1) is 6.62. The lowest BCUT2D eigenvalue weighted by Gasteiger charge is -2.14. The van der Waals surface area contributed by atoms with Gasteiger partial charge in [-0.15, -0.1) is 0 Å². The lowest BCUT2D eigenvalue weighted by molar-refractivity contribution is 0.752. The number of rotatable bonds is 0. The largest absolute Gasteiger partial charge is 0.355 e. The molecular weight excluding hydrogens is 136 g/mol. The number of nitrogens with one attached hydrogen (secondary N) is 1. The summed E-state index contributed by atoms with van der Waals surface area (Å²) in [6.45, 7) is 3.90. The van der Waals surface area contributed by atoms with Crippen molar-refractivity contribution in [2.75, 3.05) is 0 Å². The van der Waals surface area contributed by atoms with Gasteiger partial charge in [0.1, 0.15) is 0 Å². The maximum Gasteiger partial charge on any atom is 0.195 e. The summed E-state index contributed by atoms with van der Waals surface area (Å²) < 4.78 is 0. The van der Waals surface area contributed by atoms with Gasteiger partial charge in [-0.3, -0.25) is 0 Å². The van der Waals surface area contributed by atoms with Crippen LogP contribution < -0.4 is 5.32 Å². The zero-order valence-corrected chi connectivity index (χ0v) is 6.24. The highest BCUT2D eigenvalue weighted by atomic mass is 35.5. The summed E-state index contributed by atoms with van der Waals surface area (Å²) in [5.41, 5.74) is 1.78. The van der Waals surface area contributed by atoms with E-state index in [4.69, 9.17) is 11.6 Å². The van der Waals surface area contributed by atoms with Gasteiger partial charge in [-0.25, -0.2) is 4.99 Å². The van der Waals surface area contributed by atoms with Gasteiger partial charge < -0.3 is 5.32 Å². The highest BCUT2D eigenvalue weighted by Gasteiger charge is 2.05. The second-order valence-electron chi connectivity index (χ2n) is 2.08. The highest BCUT2D eigenvalue weighted by molar-refractivity contribution is 6.21. The van der Waals surface area contributed by atoms with Crippen molar-refractivity contribution in [1.82, 2.24) is 5.32 Å². The second-order valence-corrected chi connectivity index (χ2v) is 2.49. The Morgan fingerprint density at radius 2 is 2.33 bits per heavy atom. The van der Waals surface area contributed by atoms with E-state index in [0.29, 0.717) is 0 Å². The van der Waals surface area contributed by atoms with Crippen LogP contribution in [-0.2, 0) is 0 Å². The Bertz CT molecular complexity index is 172. The molecule has 0 amide bonds. The molecule has 0 saturated heterocycles. The SMILES string of the molecule is CC1=CC(C)=NC(Cl)N1. The maximum atomic E-state index is 5.67. The molecule has 1 atom stereocenters. The average Bonchev–Trinajstić information content (AvgIpc) is 1.59. The van der Waals surface area contributed by atoms with Gasteiger partial charge in [-0.2, -0.15) is 0 Å². The molecule has 0 aliphatic carbocycles. The van der Waals surface area contributed by atoms with Crippen LogP contribution >= 0.6 is 11.6 Å². The molecule has 3 heteroatoms. The summed E-state index contributed by atoms with van der Waals surface area (Å²) in [6, 6.07) is 0. The summed E-state index contributed by atoms with van der Waals surface area (Å²) in [4.78, 5) is 4.03. The van der Waals surface area contributed by atoms with Crippen LogP contribution in [0.4, 0.5) is 0 Å². The van der Waals surface area contributed by atoms with E-state index in [9.17, 15) is 0 Å². The summed E-state index contributed by atoms with van der Waals surface area (Å²) >= 11 is 5.67. The third-order valence-corrected chi connectivity index (χ3v) is 1.30. The van der Waals surface area contributed by atoms with E-state index < -0.39 is 0 Å². The van der Waals surface area contributed by atoms with E-state index in [1.54, 1.807) is 0 Å². The fourth-order valence-electron chi connectivity index (χ4n) is 0.791. The Hall–Kier alpha value is -0.500. The molecule has 0 bridgehead atoms. The first-order valence-electron chi connectivity index (χ1n) is 2.82. The topological polar surface area (TPSA) is 24.4 Å². The minimum absolute atomic E-state index is 0.269. The summed E-state index contributed by atoms with van der Waals surface area (Å²) in [7, 11) is 0. The van der Waals surface area contributed by atoms with E-state index in [2.05, 4.69) is 10.3 Å². The molecule has 0 saturated carbocycles. The zero-order chi connectivity index (χ0) is 6.85. The van der Waals surface area contributed by atoms with Crippen molar-refractivity contribution in [3.63, 3.8) is 0 Å². The van der Waals surface area contributed by atoms with Crippen molar-refractivity contribution in [2.45, 2.75) is 19.5 Å². The van der Waals surface area contributed by atoms with Crippen LogP contribution in [0.3, 0.4) is 0 Å². The molecule has 0 aromatic rings.